The monoisotopic (exact) mass is 214 g/mol. The zero-order valence-electron chi connectivity index (χ0n) is 8.52. The van der Waals surface area contributed by atoms with Crippen LogP contribution >= 0.6 is 11.3 Å². The first kappa shape index (κ1) is 11.6. The fourth-order valence-electron chi connectivity index (χ4n) is 1.42. The summed E-state index contributed by atoms with van der Waals surface area (Å²) in [5, 5.41) is 8.87. The van der Waals surface area contributed by atoms with Crippen LogP contribution in [0.15, 0.2) is 11.7 Å². The molecule has 14 heavy (non-hydrogen) atoms. The van der Waals surface area contributed by atoms with Gasteiger partial charge < -0.3 is 10.8 Å². The van der Waals surface area contributed by atoms with E-state index in [1.165, 1.54) is 4.88 Å². The Kier molecular flexibility index (Phi) is 5.07. The first-order valence-electron chi connectivity index (χ1n) is 5.02. The third kappa shape index (κ3) is 4.17. The second kappa shape index (κ2) is 6.11. The van der Waals surface area contributed by atoms with Crippen molar-refractivity contribution in [3.63, 3.8) is 0 Å². The van der Waals surface area contributed by atoms with Gasteiger partial charge in [-0.15, -0.1) is 11.3 Å². The molecule has 0 aliphatic carbocycles. The Morgan fingerprint density at radius 3 is 2.79 bits per heavy atom. The van der Waals surface area contributed by atoms with Crippen LogP contribution in [-0.2, 0) is 0 Å². The van der Waals surface area contributed by atoms with Crippen LogP contribution in [0.4, 0.5) is 0 Å². The van der Waals surface area contributed by atoms with Gasteiger partial charge in [0.1, 0.15) is 6.23 Å². The van der Waals surface area contributed by atoms with Crippen LogP contribution in [0.5, 0.6) is 0 Å². The van der Waals surface area contributed by atoms with Crippen LogP contribution in [0.2, 0.25) is 0 Å². The highest BCUT2D eigenvalue weighted by Gasteiger charge is 2.06. The molecule has 0 aliphatic rings. The molecule has 4 heteroatoms. The quantitative estimate of drug-likeness (QED) is 0.563. The predicted molar refractivity (Wildman–Crippen MR) is 59.2 cm³/mol. The fraction of sp³-hybridized carbons (Fsp3) is 0.700. The maximum Gasteiger partial charge on any atom is 0.102 e. The third-order valence-corrected chi connectivity index (χ3v) is 3.33. The standard InChI is InChI=1S/C10H18N2OS/c1-8(9-6-12-7-14-9)4-2-3-5-10(11)13/h6-8,10,13H,2-5,11H2,1H3. The predicted octanol–water partition coefficient (Wildman–Crippen LogP) is 2.08. The Balaban J connectivity index is 2.13. The van der Waals surface area contributed by atoms with E-state index in [0.717, 1.165) is 19.3 Å². The van der Waals surface area contributed by atoms with Gasteiger partial charge >= 0.3 is 0 Å². The second-order valence-corrected chi connectivity index (χ2v) is 4.57. The number of thiazole rings is 1. The Hall–Kier alpha value is -0.450. The van der Waals surface area contributed by atoms with Crippen molar-refractivity contribution in [2.45, 2.75) is 44.8 Å². The fourth-order valence-corrected chi connectivity index (χ4v) is 2.13. The van der Waals surface area contributed by atoms with Gasteiger partial charge in [-0.05, 0) is 25.2 Å². The zero-order chi connectivity index (χ0) is 10.4. The van der Waals surface area contributed by atoms with Gasteiger partial charge in [-0.3, -0.25) is 4.98 Å². The number of aromatic nitrogens is 1. The average molecular weight is 214 g/mol. The van der Waals surface area contributed by atoms with Crippen LogP contribution in [0.25, 0.3) is 0 Å². The number of nitrogens with zero attached hydrogens (tertiary/aromatic N) is 1. The smallest absolute Gasteiger partial charge is 0.102 e. The van der Waals surface area contributed by atoms with E-state index in [2.05, 4.69) is 11.9 Å². The van der Waals surface area contributed by atoms with Crippen LogP contribution in [0, 0.1) is 0 Å². The highest BCUT2D eigenvalue weighted by molar-refractivity contribution is 7.09. The number of hydrogen-bond donors (Lipinski definition) is 2. The van der Waals surface area contributed by atoms with Crippen molar-refractivity contribution in [2.24, 2.45) is 5.73 Å². The second-order valence-electron chi connectivity index (χ2n) is 3.66. The van der Waals surface area contributed by atoms with E-state index in [1.54, 1.807) is 11.3 Å². The molecule has 0 saturated heterocycles. The average Bonchev–Trinajstić information content (AvgIpc) is 2.64. The Labute approximate surface area is 89.0 Å². The lowest BCUT2D eigenvalue weighted by molar-refractivity contribution is 0.168. The first-order valence-corrected chi connectivity index (χ1v) is 5.90. The van der Waals surface area contributed by atoms with E-state index in [9.17, 15) is 0 Å². The summed E-state index contributed by atoms with van der Waals surface area (Å²) < 4.78 is 0. The van der Waals surface area contributed by atoms with Gasteiger partial charge in [0.25, 0.3) is 0 Å². The maximum atomic E-state index is 8.87. The third-order valence-electron chi connectivity index (χ3n) is 2.32. The van der Waals surface area contributed by atoms with Gasteiger partial charge in [0, 0.05) is 11.1 Å². The Morgan fingerprint density at radius 1 is 1.50 bits per heavy atom. The first-order chi connectivity index (χ1) is 6.70. The minimum absolute atomic E-state index is 0.581. The summed E-state index contributed by atoms with van der Waals surface area (Å²) >= 11 is 1.71. The van der Waals surface area contributed by atoms with Crippen LogP contribution in [0.1, 0.15) is 43.4 Å². The molecule has 2 unspecified atom stereocenters. The van der Waals surface area contributed by atoms with E-state index in [0.29, 0.717) is 12.3 Å². The molecule has 0 aliphatic heterocycles. The highest BCUT2D eigenvalue weighted by Crippen LogP contribution is 2.24. The minimum Gasteiger partial charge on any atom is -0.379 e. The summed E-state index contributed by atoms with van der Waals surface area (Å²) in [6.07, 6.45) is 5.26. The highest BCUT2D eigenvalue weighted by atomic mass is 32.1. The van der Waals surface area contributed by atoms with E-state index >= 15 is 0 Å². The molecule has 0 spiro atoms. The van der Waals surface area contributed by atoms with Gasteiger partial charge in [-0.25, -0.2) is 0 Å². The SMILES string of the molecule is CC(CCCCC(N)O)c1cncs1. The molecule has 0 fully saturated rings. The summed E-state index contributed by atoms with van der Waals surface area (Å²) in [6.45, 7) is 2.21. The Morgan fingerprint density at radius 2 is 2.21 bits per heavy atom. The molecule has 3 nitrogen and oxygen atoms in total. The molecule has 1 aromatic rings. The van der Waals surface area contributed by atoms with Crippen LogP contribution in [-0.4, -0.2) is 16.3 Å². The summed E-state index contributed by atoms with van der Waals surface area (Å²) in [5.41, 5.74) is 7.12. The molecule has 0 amide bonds. The van der Waals surface area contributed by atoms with Crippen molar-refractivity contribution in [3.8, 4) is 0 Å². The molecule has 0 aromatic carbocycles. The molecular formula is C10H18N2OS. The number of rotatable bonds is 6. The topological polar surface area (TPSA) is 59.1 Å². The van der Waals surface area contributed by atoms with Crippen LogP contribution < -0.4 is 5.73 Å². The van der Waals surface area contributed by atoms with Gasteiger partial charge in [-0.2, -0.15) is 0 Å². The maximum absolute atomic E-state index is 8.87. The zero-order valence-corrected chi connectivity index (χ0v) is 9.33. The van der Waals surface area contributed by atoms with E-state index in [1.807, 2.05) is 11.7 Å². The normalized spacial score (nSPS) is 15.4. The van der Waals surface area contributed by atoms with Gasteiger partial charge in [0.2, 0.25) is 0 Å². The van der Waals surface area contributed by atoms with Crippen molar-refractivity contribution < 1.29 is 5.11 Å². The van der Waals surface area contributed by atoms with Crippen molar-refractivity contribution in [1.82, 2.24) is 4.98 Å². The van der Waals surface area contributed by atoms with Crippen molar-refractivity contribution >= 4 is 11.3 Å². The lowest BCUT2D eigenvalue weighted by Crippen LogP contribution is -2.17. The molecule has 0 radical (unpaired) electrons. The molecule has 1 heterocycles. The molecule has 0 bridgehead atoms. The lowest BCUT2D eigenvalue weighted by Gasteiger charge is -2.08. The van der Waals surface area contributed by atoms with Gasteiger partial charge in [0.15, 0.2) is 0 Å². The number of aliphatic hydroxyl groups excluding tert-OH is 1. The van der Waals surface area contributed by atoms with Gasteiger partial charge in [-0.1, -0.05) is 13.3 Å². The molecule has 0 saturated carbocycles. The minimum atomic E-state index is -0.645. The summed E-state index contributed by atoms with van der Waals surface area (Å²) in [6, 6.07) is 0. The molecule has 2 atom stereocenters. The van der Waals surface area contributed by atoms with E-state index in [-0.39, 0.29) is 0 Å². The molecule has 1 aromatic heterocycles. The number of nitrogens with two attached hydrogens (primary N) is 1. The van der Waals surface area contributed by atoms with Crippen LogP contribution in [0.3, 0.4) is 0 Å². The lowest BCUT2D eigenvalue weighted by atomic mass is 10.0. The van der Waals surface area contributed by atoms with Crippen molar-refractivity contribution in [1.29, 1.82) is 0 Å². The molecule has 80 valence electrons. The Bertz CT molecular complexity index is 236. The summed E-state index contributed by atoms with van der Waals surface area (Å²) in [7, 11) is 0. The number of unbranched alkanes of at least 4 members (excludes halogenated alkanes) is 1. The van der Waals surface area contributed by atoms with E-state index in [4.69, 9.17) is 10.8 Å². The number of hydrogen-bond acceptors (Lipinski definition) is 4. The molecular weight excluding hydrogens is 196 g/mol. The largest absolute Gasteiger partial charge is 0.379 e. The molecule has 1 rings (SSSR count). The van der Waals surface area contributed by atoms with Crippen molar-refractivity contribution in [3.05, 3.63) is 16.6 Å². The molecule has 3 N–H and O–H groups in total. The van der Waals surface area contributed by atoms with Gasteiger partial charge in [0.05, 0.1) is 5.51 Å². The summed E-state index contributed by atoms with van der Waals surface area (Å²) in [5.74, 6) is 0.581. The summed E-state index contributed by atoms with van der Waals surface area (Å²) in [4.78, 5) is 5.40. The number of aliphatic hydroxyl groups is 1. The van der Waals surface area contributed by atoms with Crippen molar-refractivity contribution in [2.75, 3.05) is 0 Å². The van der Waals surface area contributed by atoms with E-state index < -0.39 is 6.23 Å².